The molecule has 21 heavy (non-hydrogen) atoms. The first-order valence-electron chi connectivity index (χ1n) is 6.90. The molecule has 2 aromatic rings. The number of ether oxygens (including phenoxy) is 1. The molecule has 3 nitrogen and oxygen atoms in total. The van der Waals surface area contributed by atoms with Crippen LogP contribution in [0.25, 0.3) is 11.0 Å². The minimum absolute atomic E-state index is 0.171. The molecule has 1 aromatic heterocycles. The lowest BCUT2D eigenvalue weighted by Gasteiger charge is -2.08. The van der Waals surface area contributed by atoms with Crippen molar-refractivity contribution in [2.45, 2.75) is 38.2 Å². The van der Waals surface area contributed by atoms with Gasteiger partial charge in [-0.1, -0.05) is 18.2 Å². The number of hydrogen-bond acceptors (Lipinski definition) is 3. The van der Waals surface area contributed by atoms with Gasteiger partial charge in [-0.2, -0.15) is 13.2 Å². The maximum absolute atomic E-state index is 12.2. The first kappa shape index (κ1) is 14.4. The van der Waals surface area contributed by atoms with Crippen molar-refractivity contribution in [2.75, 3.05) is 6.61 Å². The Kier molecular flexibility index (Phi) is 3.91. The van der Waals surface area contributed by atoms with E-state index in [1.165, 1.54) is 0 Å². The Morgan fingerprint density at radius 2 is 2.00 bits per heavy atom. The van der Waals surface area contributed by atoms with Gasteiger partial charge in [-0.3, -0.25) is 0 Å². The first-order valence-corrected chi connectivity index (χ1v) is 6.90. The summed E-state index contributed by atoms with van der Waals surface area (Å²) in [4.78, 5) is 0. The van der Waals surface area contributed by atoms with Gasteiger partial charge in [0.05, 0.1) is 0 Å². The van der Waals surface area contributed by atoms with Crippen molar-refractivity contribution in [3.8, 4) is 0 Å². The Morgan fingerprint density at radius 3 is 2.71 bits per heavy atom. The Morgan fingerprint density at radius 1 is 1.24 bits per heavy atom. The highest BCUT2D eigenvalue weighted by atomic mass is 19.4. The average molecular weight is 299 g/mol. The summed E-state index contributed by atoms with van der Waals surface area (Å²) in [7, 11) is 0. The predicted molar refractivity (Wildman–Crippen MR) is 71.8 cm³/mol. The maximum Gasteiger partial charge on any atom is 0.411 e. The molecule has 114 valence electrons. The van der Waals surface area contributed by atoms with Gasteiger partial charge in [-0.15, -0.1) is 0 Å². The standard InChI is InChI=1S/C15H16F3NO2/c16-15(17,18)9-20-8-14-12(7-19-10-5-6-10)11-3-1-2-4-13(11)21-14/h1-4,10,19H,5-9H2. The van der Waals surface area contributed by atoms with Crippen LogP contribution in [0.5, 0.6) is 0 Å². The van der Waals surface area contributed by atoms with Crippen molar-refractivity contribution in [1.82, 2.24) is 5.32 Å². The molecule has 0 saturated heterocycles. The molecule has 0 radical (unpaired) electrons. The molecule has 1 heterocycles. The number of halogens is 3. The monoisotopic (exact) mass is 299 g/mol. The molecule has 1 aliphatic carbocycles. The van der Waals surface area contributed by atoms with Gasteiger partial charge in [-0.25, -0.2) is 0 Å². The van der Waals surface area contributed by atoms with Crippen molar-refractivity contribution >= 4 is 11.0 Å². The number of rotatable bonds is 6. The van der Waals surface area contributed by atoms with Gasteiger partial charge >= 0.3 is 6.18 Å². The number of nitrogens with one attached hydrogen (secondary N) is 1. The summed E-state index contributed by atoms with van der Waals surface area (Å²) in [5, 5.41) is 4.29. The van der Waals surface area contributed by atoms with E-state index >= 15 is 0 Å². The van der Waals surface area contributed by atoms with E-state index in [1.54, 1.807) is 0 Å². The summed E-state index contributed by atoms with van der Waals surface area (Å²) >= 11 is 0. The lowest BCUT2D eigenvalue weighted by molar-refractivity contribution is -0.177. The number of para-hydroxylation sites is 1. The number of benzene rings is 1. The zero-order chi connectivity index (χ0) is 14.9. The number of furan rings is 1. The Bertz CT molecular complexity index is 617. The first-order chi connectivity index (χ1) is 10.0. The minimum atomic E-state index is -4.32. The van der Waals surface area contributed by atoms with Gasteiger partial charge < -0.3 is 14.5 Å². The third-order valence-corrected chi connectivity index (χ3v) is 3.43. The van der Waals surface area contributed by atoms with Crippen LogP contribution in [0.1, 0.15) is 24.2 Å². The summed E-state index contributed by atoms with van der Waals surface area (Å²) in [6.07, 6.45) is -2.02. The summed E-state index contributed by atoms with van der Waals surface area (Å²) in [6, 6.07) is 7.96. The van der Waals surface area contributed by atoms with E-state index < -0.39 is 12.8 Å². The molecule has 0 bridgehead atoms. The van der Waals surface area contributed by atoms with Gasteiger partial charge in [0.1, 0.15) is 24.6 Å². The molecular weight excluding hydrogens is 283 g/mol. The third-order valence-electron chi connectivity index (χ3n) is 3.43. The van der Waals surface area contributed by atoms with Crippen LogP contribution in [0.3, 0.4) is 0 Å². The van der Waals surface area contributed by atoms with E-state index in [2.05, 4.69) is 5.32 Å². The molecule has 0 aliphatic heterocycles. The lowest BCUT2D eigenvalue weighted by Crippen LogP contribution is -2.18. The molecule has 0 unspecified atom stereocenters. The molecule has 0 amide bonds. The summed E-state index contributed by atoms with van der Waals surface area (Å²) in [5.74, 6) is 0.466. The average Bonchev–Trinajstić information content (AvgIpc) is 3.17. The second kappa shape index (κ2) is 5.69. The van der Waals surface area contributed by atoms with E-state index in [0.29, 0.717) is 23.9 Å². The van der Waals surface area contributed by atoms with Gasteiger partial charge in [0.15, 0.2) is 0 Å². The van der Waals surface area contributed by atoms with Gasteiger partial charge in [-0.05, 0) is 18.9 Å². The molecule has 3 rings (SSSR count). The maximum atomic E-state index is 12.2. The van der Waals surface area contributed by atoms with Crippen LogP contribution < -0.4 is 5.32 Å². The summed E-state index contributed by atoms with van der Waals surface area (Å²) in [6.45, 7) is -0.845. The summed E-state index contributed by atoms with van der Waals surface area (Å²) < 4.78 is 46.8. The SMILES string of the molecule is FC(F)(F)COCc1oc2ccccc2c1CNC1CC1. The number of alkyl halides is 3. The molecule has 1 N–H and O–H groups in total. The number of fused-ring (bicyclic) bond motifs is 1. The van der Waals surface area contributed by atoms with E-state index in [9.17, 15) is 13.2 Å². The van der Waals surface area contributed by atoms with Crippen LogP contribution >= 0.6 is 0 Å². The van der Waals surface area contributed by atoms with Crippen LogP contribution in [0.4, 0.5) is 13.2 Å². The Hall–Kier alpha value is -1.53. The number of hydrogen-bond donors (Lipinski definition) is 1. The van der Waals surface area contributed by atoms with E-state index in [0.717, 1.165) is 23.8 Å². The van der Waals surface area contributed by atoms with Crippen molar-refractivity contribution in [1.29, 1.82) is 0 Å². The molecule has 1 fully saturated rings. The zero-order valence-corrected chi connectivity index (χ0v) is 11.4. The molecular formula is C15H16F3NO2. The minimum Gasteiger partial charge on any atom is -0.458 e. The third kappa shape index (κ3) is 3.77. The normalized spacial score (nSPS) is 15.8. The van der Waals surface area contributed by atoms with Crippen LogP contribution in [-0.4, -0.2) is 18.8 Å². The molecule has 1 aromatic carbocycles. The predicted octanol–water partition coefficient (Wildman–Crippen LogP) is 3.76. The molecule has 1 aliphatic rings. The summed E-state index contributed by atoms with van der Waals surface area (Å²) in [5.41, 5.74) is 1.57. The smallest absolute Gasteiger partial charge is 0.411 e. The second-order valence-electron chi connectivity index (χ2n) is 5.26. The van der Waals surface area contributed by atoms with E-state index in [4.69, 9.17) is 9.15 Å². The second-order valence-corrected chi connectivity index (χ2v) is 5.26. The Balaban J connectivity index is 1.76. The van der Waals surface area contributed by atoms with Crippen LogP contribution in [0.2, 0.25) is 0 Å². The van der Waals surface area contributed by atoms with Gasteiger partial charge in [0.2, 0.25) is 0 Å². The molecule has 0 spiro atoms. The fraction of sp³-hybridized carbons (Fsp3) is 0.467. The lowest BCUT2D eigenvalue weighted by atomic mass is 10.1. The van der Waals surface area contributed by atoms with Crippen molar-refractivity contribution in [2.24, 2.45) is 0 Å². The van der Waals surface area contributed by atoms with Crippen molar-refractivity contribution < 1.29 is 22.3 Å². The molecule has 1 saturated carbocycles. The van der Waals surface area contributed by atoms with Crippen LogP contribution in [-0.2, 0) is 17.9 Å². The fourth-order valence-electron chi connectivity index (χ4n) is 2.25. The quantitative estimate of drug-likeness (QED) is 0.882. The fourth-order valence-corrected chi connectivity index (χ4v) is 2.25. The highest BCUT2D eigenvalue weighted by Crippen LogP contribution is 2.28. The largest absolute Gasteiger partial charge is 0.458 e. The molecule has 0 atom stereocenters. The highest BCUT2D eigenvalue weighted by Gasteiger charge is 2.28. The zero-order valence-electron chi connectivity index (χ0n) is 11.4. The van der Waals surface area contributed by atoms with E-state index in [-0.39, 0.29) is 6.61 Å². The Labute approximate surface area is 120 Å². The van der Waals surface area contributed by atoms with Gasteiger partial charge in [0.25, 0.3) is 0 Å². The highest BCUT2D eigenvalue weighted by molar-refractivity contribution is 5.82. The van der Waals surface area contributed by atoms with Crippen molar-refractivity contribution in [3.63, 3.8) is 0 Å². The van der Waals surface area contributed by atoms with E-state index in [1.807, 2.05) is 24.3 Å². The van der Waals surface area contributed by atoms with Crippen LogP contribution in [0, 0.1) is 0 Å². The van der Waals surface area contributed by atoms with Crippen LogP contribution in [0.15, 0.2) is 28.7 Å². The topological polar surface area (TPSA) is 34.4 Å². The van der Waals surface area contributed by atoms with Crippen molar-refractivity contribution in [3.05, 3.63) is 35.6 Å². The van der Waals surface area contributed by atoms with Gasteiger partial charge in [0, 0.05) is 23.5 Å². The molecule has 6 heteroatoms.